The minimum Gasteiger partial charge on any atom is -0.493 e. The Hall–Kier alpha value is -1.52. The van der Waals surface area contributed by atoms with Gasteiger partial charge >= 0.3 is 0 Å². The molecule has 6 heteroatoms. The lowest BCUT2D eigenvalue weighted by Crippen LogP contribution is -1.99. The smallest absolute Gasteiger partial charge is 0.162 e. The van der Waals surface area contributed by atoms with E-state index in [4.69, 9.17) is 32.7 Å². The van der Waals surface area contributed by atoms with Crippen LogP contribution in [0.1, 0.15) is 16.5 Å². The summed E-state index contributed by atoms with van der Waals surface area (Å²) in [4.78, 5) is 0. The first kappa shape index (κ1) is 15.9. The van der Waals surface area contributed by atoms with Crippen molar-refractivity contribution in [2.24, 2.45) is 0 Å². The van der Waals surface area contributed by atoms with Gasteiger partial charge in [0.2, 0.25) is 0 Å². The van der Waals surface area contributed by atoms with Crippen LogP contribution in [-0.4, -0.2) is 14.2 Å². The van der Waals surface area contributed by atoms with Gasteiger partial charge in [-0.2, -0.15) is 0 Å². The van der Waals surface area contributed by atoms with E-state index in [2.05, 4.69) is 0 Å². The fraction of sp³-hybridized carbons (Fsp3) is 0.200. The van der Waals surface area contributed by atoms with Gasteiger partial charge in [-0.15, -0.1) is 11.6 Å². The molecule has 0 amide bonds. The fourth-order valence-electron chi connectivity index (χ4n) is 1.91. The lowest BCUT2D eigenvalue weighted by Gasteiger charge is -2.16. The van der Waals surface area contributed by atoms with Crippen molar-refractivity contribution in [3.63, 3.8) is 0 Å². The number of hydrogen-bond acceptors (Lipinski definition) is 2. The van der Waals surface area contributed by atoms with E-state index in [0.717, 1.165) is 12.1 Å². The van der Waals surface area contributed by atoms with Crippen LogP contribution in [0.2, 0.25) is 5.02 Å². The van der Waals surface area contributed by atoms with Gasteiger partial charge in [0, 0.05) is 11.1 Å². The van der Waals surface area contributed by atoms with Crippen LogP contribution in [0.15, 0.2) is 30.3 Å². The summed E-state index contributed by atoms with van der Waals surface area (Å²) >= 11 is 12.5. The zero-order valence-corrected chi connectivity index (χ0v) is 12.8. The van der Waals surface area contributed by atoms with Gasteiger partial charge in [0.15, 0.2) is 23.1 Å². The third-order valence-corrected chi connectivity index (χ3v) is 3.83. The van der Waals surface area contributed by atoms with E-state index in [1.165, 1.54) is 20.3 Å². The number of halogens is 4. The van der Waals surface area contributed by atoms with E-state index in [9.17, 15) is 8.78 Å². The van der Waals surface area contributed by atoms with Crippen molar-refractivity contribution in [1.82, 2.24) is 0 Å². The Bertz CT molecular complexity index is 662. The molecule has 112 valence electrons. The van der Waals surface area contributed by atoms with E-state index in [0.29, 0.717) is 27.6 Å². The van der Waals surface area contributed by atoms with Crippen LogP contribution in [0.4, 0.5) is 8.78 Å². The summed E-state index contributed by atoms with van der Waals surface area (Å²) < 4.78 is 36.6. The van der Waals surface area contributed by atoms with Crippen molar-refractivity contribution in [3.05, 3.63) is 58.1 Å². The largest absolute Gasteiger partial charge is 0.493 e. The minimum absolute atomic E-state index is 0.345. The van der Waals surface area contributed by atoms with Crippen LogP contribution < -0.4 is 9.47 Å². The number of hydrogen-bond donors (Lipinski definition) is 0. The lowest BCUT2D eigenvalue weighted by molar-refractivity contribution is 0.354. The molecule has 1 unspecified atom stereocenters. The number of alkyl halides is 1. The monoisotopic (exact) mass is 332 g/mol. The molecule has 0 bridgehead atoms. The molecule has 0 aliphatic rings. The normalized spacial score (nSPS) is 12.1. The standard InChI is InChI=1S/C15H12Cl2F2O2/c1-20-13-6-9(10(16)7-14(13)21-2)15(17)8-3-4-11(18)12(19)5-8/h3-7,15H,1-2H3. The molecule has 0 aliphatic heterocycles. The lowest BCUT2D eigenvalue weighted by atomic mass is 10.0. The first-order valence-electron chi connectivity index (χ1n) is 5.98. The Morgan fingerprint density at radius 1 is 0.952 bits per heavy atom. The second-order valence-electron chi connectivity index (χ2n) is 4.26. The molecule has 2 nitrogen and oxygen atoms in total. The van der Waals surface area contributed by atoms with Crippen LogP contribution in [0.3, 0.4) is 0 Å². The molecule has 0 saturated carbocycles. The molecule has 0 spiro atoms. The third kappa shape index (κ3) is 3.22. The molecule has 2 rings (SSSR count). The van der Waals surface area contributed by atoms with Gasteiger partial charge < -0.3 is 9.47 Å². The van der Waals surface area contributed by atoms with Gasteiger partial charge in [0.25, 0.3) is 0 Å². The Morgan fingerprint density at radius 2 is 1.57 bits per heavy atom. The van der Waals surface area contributed by atoms with Crippen LogP contribution in [-0.2, 0) is 0 Å². The molecule has 0 radical (unpaired) electrons. The van der Waals surface area contributed by atoms with Crippen molar-refractivity contribution in [2.75, 3.05) is 14.2 Å². The molecule has 0 N–H and O–H groups in total. The van der Waals surface area contributed by atoms with Crippen molar-refractivity contribution >= 4 is 23.2 Å². The molecule has 0 saturated heterocycles. The molecule has 0 fully saturated rings. The van der Waals surface area contributed by atoms with Crippen molar-refractivity contribution in [3.8, 4) is 11.5 Å². The zero-order chi connectivity index (χ0) is 15.6. The minimum atomic E-state index is -0.963. The summed E-state index contributed by atoms with van der Waals surface area (Å²) in [6.07, 6.45) is 0. The maximum atomic E-state index is 13.3. The predicted octanol–water partition coefficient (Wildman–Crippen LogP) is 4.96. The quantitative estimate of drug-likeness (QED) is 0.736. The third-order valence-electron chi connectivity index (χ3n) is 3.01. The predicted molar refractivity (Wildman–Crippen MR) is 78.6 cm³/mol. The second-order valence-corrected chi connectivity index (χ2v) is 5.11. The highest BCUT2D eigenvalue weighted by atomic mass is 35.5. The Morgan fingerprint density at radius 3 is 2.14 bits per heavy atom. The summed E-state index contributed by atoms with van der Waals surface area (Å²) in [6.45, 7) is 0. The molecule has 0 aromatic heterocycles. The summed E-state index contributed by atoms with van der Waals surface area (Å²) in [5.74, 6) is -0.985. The topological polar surface area (TPSA) is 18.5 Å². The van der Waals surface area contributed by atoms with E-state index >= 15 is 0 Å². The van der Waals surface area contributed by atoms with Crippen molar-refractivity contribution in [1.29, 1.82) is 0 Å². The van der Waals surface area contributed by atoms with Crippen LogP contribution in [0, 0.1) is 11.6 Å². The van der Waals surface area contributed by atoms with Gasteiger partial charge in [-0.25, -0.2) is 8.78 Å². The van der Waals surface area contributed by atoms with Crippen LogP contribution >= 0.6 is 23.2 Å². The molecular weight excluding hydrogens is 321 g/mol. The molecule has 21 heavy (non-hydrogen) atoms. The Labute approximate surface area is 131 Å². The molecule has 2 aromatic rings. The number of benzene rings is 2. The van der Waals surface area contributed by atoms with Crippen molar-refractivity contribution < 1.29 is 18.3 Å². The second kappa shape index (κ2) is 6.50. The molecule has 1 atom stereocenters. The summed E-state index contributed by atoms with van der Waals surface area (Å²) in [5, 5.41) is -0.398. The summed E-state index contributed by atoms with van der Waals surface area (Å²) in [5.41, 5.74) is 0.909. The van der Waals surface area contributed by atoms with Crippen molar-refractivity contribution in [2.45, 2.75) is 5.38 Å². The van der Waals surface area contributed by atoms with Gasteiger partial charge in [-0.3, -0.25) is 0 Å². The molecule has 0 aliphatic carbocycles. The highest BCUT2D eigenvalue weighted by Gasteiger charge is 2.19. The van der Waals surface area contributed by atoms with Gasteiger partial charge in [0.1, 0.15) is 0 Å². The summed E-state index contributed by atoms with van der Waals surface area (Å²) in [6, 6.07) is 6.64. The SMILES string of the molecule is COc1cc(Cl)c(C(Cl)c2ccc(F)c(F)c2)cc1OC. The van der Waals surface area contributed by atoms with Crippen LogP contribution in [0.5, 0.6) is 11.5 Å². The summed E-state index contributed by atoms with van der Waals surface area (Å²) in [7, 11) is 2.97. The van der Waals surface area contributed by atoms with E-state index in [-0.39, 0.29) is 0 Å². The zero-order valence-electron chi connectivity index (χ0n) is 11.3. The van der Waals surface area contributed by atoms with Gasteiger partial charge in [-0.05, 0) is 29.3 Å². The number of methoxy groups -OCH3 is 2. The Kier molecular flexibility index (Phi) is 4.91. The molecule has 0 heterocycles. The van der Waals surface area contributed by atoms with Gasteiger partial charge in [0.05, 0.1) is 19.6 Å². The number of rotatable bonds is 4. The fourth-order valence-corrected chi connectivity index (χ4v) is 2.55. The van der Waals surface area contributed by atoms with Crippen LogP contribution in [0.25, 0.3) is 0 Å². The molecular formula is C15H12Cl2F2O2. The number of ether oxygens (including phenoxy) is 2. The maximum absolute atomic E-state index is 13.3. The maximum Gasteiger partial charge on any atom is 0.162 e. The first-order chi connectivity index (χ1) is 9.97. The highest BCUT2D eigenvalue weighted by molar-refractivity contribution is 6.33. The van der Waals surface area contributed by atoms with E-state index in [1.54, 1.807) is 12.1 Å². The van der Waals surface area contributed by atoms with E-state index < -0.39 is 17.0 Å². The molecule has 2 aromatic carbocycles. The Balaban J connectivity index is 2.47. The van der Waals surface area contributed by atoms with Gasteiger partial charge in [-0.1, -0.05) is 17.7 Å². The first-order valence-corrected chi connectivity index (χ1v) is 6.79. The average Bonchev–Trinajstić information content (AvgIpc) is 2.49. The van der Waals surface area contributed by atoms with E-state index in [1.807, 2.05) is 0 Å². The average molecular weight is 333 g/mol. The highest BCUT2D eigenvalue weighted by Crippen LogP contribution is 2.40.